The number of hydrogen-bond acceptors (Lipinski definition) is 3. The van der Waals surface area contributed by atoms with E-state index in [0.717, 1.165) is 12.1 Å². The van der Waals surface area contributed by atoms with Gasteiger partial charge in [0.15, 0.2) is 0 Å². The molecule has 18 heavy (non-hydrogen) atoms. The van der Waals surface area contributed by atoms with E-state index in [4.69, 9.17) is 5.26 Å². The molecule has 1 aromatic rings. The van der Waals surface area contributed by atoms with E-state index in [9.17, 15) is 0 Å². The summed E-state index contributed by atoms with van der Waals surface area (Å²) in [7, 11) is 0. The van der Waals surface area contributed by atoms with Gasteiger partial charge in [-0.15, -0.1) is 0 Å². The summed E-state index contributed by atoms with van der Waals surface area (Å²) in [6, 6.07) is 10.6. The molecule has 1 unspecified atom stereocenters. The Labute approximate surface area is 114 Å². The van der Waals surface area contributed by atoms with Gasteiger partial charge in [-0.2, -0.15) is 17.0 Å². The Morgan fingerprint density at radius 3 is 3.06 bits per heavy atom. The Morgan fingerprint density at radius 2 is 2.33 bits per heavy atom. The van der Waals surface area contributed by atoms with Crippen molar-refractivity contribution in [2.75, 3.05) is 11.5 Å². The minimum atomic E-state index is 0.373. The molecule has 1 heterocycles. The number of nitriles is 1. The van der Waals surface area contributed by atoms with E-state index >= 15 is 0 Å². The first-order chi connectivity index (χ1) is 8.62. The normalized spacial score (nSPS) is 22.4. The second kappa shape index (κ2) is 5.77. The molecule has 2 rings (SSSR count). The van der Waals surface area contributed by atoms with Gasteiger partial charge in [-0.3, -0.25) is 0 Å². The van der Waals surface area contributed by atoms with E-state index in [1.54, 1.807) is 0 Å². The Balaban J connectivity index is 1.96. The van der Waals surface area contributed by atoms with Crippen LogP contribution in [0.4, 0.5) is 0 Å². The van der Waals surface area contributed by atoms with Crippen LogP contribution >= 0.6 is 11.8 Å². The molecule has 0 saturated carbocycles. The number of thioether (sulfide) groups is 1. The van der Waals surface area contributed by atoms with Crippen molar-refractivity contribution in [3.63, 3.8) is 0 Å². The lowest BCUT2D eigenvalue weighted by Crippen LogP contribution is -2.46. The SMILES string of the molecule is CC1(C)CCSCC1NCc1cccc(C#N)c1. The van der Waals surface area contributed by atoms with Crippen LogP contribution in [0.5, 0.6) is 0 Å². The third kappa shape index (κ3) is 3.28. The van der Waals surface area contributed by atoms with E-state index in [1.807, 2.05) is 30.0 Å². The predicted octanol–water partition coefficient (Wildman–Crippen LogP) is 3.18. The quantitative estimate of drug-likeness (QED) is 0.906. The van der Waals surface area contributed by atoms with E-state index in [1.165, 1.54) is 23.5 Å². The molecule has 0 bridgehead atoms. The summed E-state index contributed by atoms with van der Waals surface area (Å²) in [5, 5.41) is 12.5. The van der Waals surface area contributed by atoms with Crippen LogP contribution in [0.2, 0.25) is 0 Å². The first kappa shape index (κ1) is 13.5. The van der Waals surface area contributed by atoms with Crippen LogP contribution in [-0.4, -0.2) is 17.5 Å². The van der Waals surface area contributed by atoms with Gasteiger partial charge < -0.3 is 5.32 Å². The zero-order valence-electron chi connectivity index (χ0n) is 11.1. The standard InChI is InChI=1S/C15H20N2S/c1-15(2)6-7-18-11-14(15)17-10-13-5-3-4-12(8-13)9-16/h3-5,8,14,17H,6-7,10-11H2,1-2H3. The van der Waals surface area contributed by atoms with Crippen molar-refractivity contribution in [3.8, 4) is 6.07 Å². The molecule has 1 aromatic carbocycles. The van der Waals surface area contributed by atoms with Crippen LogP contribution in [0.1, 0.15) is 31.4 Å². The molecule has 1 fully saturated rings. The molecule has 0 spiro atoms. The Hall–Kier alpha value is -0.980. The van der Waals surface area contributed by atoms with E-state index in [2.05, 4.69) is 31.3 Å². The fourth-order valence-electron chi connectivity index (χ4n) is 2.26. The van der Waals surface area contributed by atoms with Gasteiger partial charge in [-0.05, 0) is 35.3 Å². The summed E-state index contributed by atoms with van der Waals surface area (Å²) >= 11 is 2.03. The van der Waals surface area contributed by atoms with Crippen LogP contribution in [0.3, 0.4) is 0 Å². The van der Waals surface area contributed by atoms with Crippen LogP contribution in [0, 0.1) is 16.7 Å². The molecule has 1 aliphatic heterocycles. The molecule has 96 valence electrons. The fraction of sp³-hybridized carbons (Fsp3) is 0.533. The molecular weight excluding hydrogens is 240 g/mol. The van der Waals surface area contributed by atoms with Gasteiger partial charge in [0.25, 0.3) is 0 Å². The lowest BCUT2D eigenvalue weighted by molar-refractivity contribution is 0.245. The summed E-state index contributed by atoms with van der Waals surface area (Å²) in [6.07, 6.45) is 1.27. The molecule has 1 atom stereocenters. The zero-order chi connectivity index (χ0) is 13.0. The number of benzene rings is 1. The van der Waals surface area contributed by atoms with Gasteiger partial charge in [-0.25, -0.2) is 0 Å². The van der Waals surface area contributed by atoms with Crippen LogP contribution < -0.4 is 5.32 Å². The smallest absolute Gasteiger partial charge is 0.0991 e. The number of rotatable bonds is 3. The van der Waals surface area contributed by atoms with Crippen LogP contribution in [0.15, 0.2) is 24.3 Å². The Morgan fingerprint density at radius 1 is 1.50 bits per heavy atom. The van der Waals surface area contributed by atoms with Crippen molar-refractivity contribution in [2.45, 2.75) is 32.9 Å². The number of nitrogens with zero attached hydrogens (tertiary/aromatic N) is 1. The molecule has 0 aromatic heterocycles. The fourth-order valence-corrected chi connectivity index (χ4v) is 3.91. The second-order valence-corrected chi connectivity index (χ2v) is 6.71. The monoisotopic (exact) mass is 260 g/mol. The van der Waals surface area contributed by atoms with E-state index < -0.39 is 0 Å². The Kier molecular flexibility index (Phi) is 4.31. The molecule has 1 saturated heterocycles. The van der Waals surface area contributed by atoms with Crippen molar-refractivity contribution < 1.29 is 0 Å². The number of hydrogen-bond donors (Lipinski definition) is 1. The van der Waals surface area contributed by atoms with E-state index in [0.29, 0.717) is 11.5 Å². The average Bonchev–Trinajstić information content (AvgIpc) is 2.37. The van der Waals surface area contributed by atoms with Gasteiger partial charge in [-0.1, -0.05) is 26.0 Å². The minimum absolute atomic E-state index is 0.373. The highest BCUT2D eigenvalue weighted by Gasteiger charge is 2.31. The molecule has 0 amide bonds. The molecule has 2 nitrogen and oxygen atoms in total. The average molecular weight is 260 g/mol. The lowest BCUT2D eigenvalue weighted by atomic mass is 9.82. The van der Waals surface area contributed by atoms with Crippen molar-refractivity contribution in [1.82, 2.24) is 5.32 Å². The third-order valence-electron chi connectivity index (χ3n) is 3.73. The lowest BCUT2D eigenvalue weighted by Gasteiger charge is -2.39. The topological polar surface area (TPSA) is 35.8 Å². The summed E-state index contributed by atoms with van der Waals surface area (Å²) in [4.78, 5) is 0. The molecule has 3 heteroatoms. The van der Waals surface area contributed by atoms with Crippen LogP contribution in [-0.2, 0) is 6.54 Å². The first-order valence-electron chi connectivity index (χ1n) is 6.42. The van der Waals surface area contributed by atoms with Crippen molar-refractivity contribution >= 4 is 11.8 Å². The van der Waals surface area contributed by atoms with E-state index in [-0.39, 0.29) is 0 Å². The molecule has 0 radical (unpaired) electrons. The largest absolute Gasteiger partial charge is 0.309 e. The summed E-state index contributed by atoms with van der Waals surface area (Å²) in [5.74, 6) is 2.46. The van der Waals surface area contributed by atoms with Gasteiger partial charge >= 0.3 is 0 Å². The summed E-state index contributed by atoms with van der Waals surface area (Å²) in [6.45, 7) is 5.54. The minimum Gasteiger partial charge on any atom is -0.309 e. The van der Waals surface area contributed by atoms with Gasteiger partial charge in [0, 0.05) is 18.3 Å². The highest BCUT2D eigenvalue weighted by molar-refractivity contribution is 7.99. The Bertz CT molecular complexity index is 448. The first-order valence-corrected chi connectivity index (χ1v) is 7.57. The maximum Gasteiger partial charge on any atom is 0.0991 e. The van der Waals surface area contributed by atoms with Gasteiger partial charge in [0.1, 0.15) is 0 Å². The number of nitrogens with one attached hydrogen (secondary N) is 1. The van der Waals surface area contributed by atoms with Crippen molar-refractivity contribution in [3.05, 3.63) is 35.4 Å². The van der Waals surface area contributed by atoms with Crippen LogP contribution in [0.25, 0.3) is 0 Å². The summed E-state index contributed by atoms with van der Waals surface area (Å²) < 4.78 is 0. The van der Waals surface area contributed by atoms with Crippen molar-refractivity contribution in [1.29, 1.82) is 5.26 Å². The molecule has 1 aliphatic rings. The predicted molar refractivity (Wildman–Crippen MR) is 77.5 cm³/mol. The van der Waals surface area contributed by atoms with Gasteiger partial charge in [0.2, 0.25) is 0 Å². The highest BCUT2D eigenvalue weighted by Crippen LogP contribution is 2.34. The second-order valence-electron chi connectivity index (χ2n) is 5.56. The molecule has 1 N–H and O–H groups in total. The van der Waals surface area contributed by atoms with Crippen molar-refractivity contribution in [2.24, 2.45) is 5.41 Å². The zero-order valence-corrected chi connectivity index (χ0v) is 11.9. The maximum absolute atomic E-state index is 8.89. The maximum atomic E-state index is 8.89. The molecule has 0 aliphatic carbocycles. The molecular formula is C15H20N2S. The third-order valence-corrected chi connectivity index (χ3v) is 4.79. The van der Waals surface area contributed by atoms with Gasteiger partial charge in [0.05, 0.1) is 11.6 Å². The highest BCUT2D eigenvalue weighted by atomic mass is 32.2. The summed E-state index contributed by atoms with van der Waals surface area (Å²) in [5.41, 5.74) is 2.31.